The largest absolute Gasteiger partial charge is 0.253 e. The zero-order valence-corrected chi connectivity index (χ0v) is 14.5. The van der Waals surface area contributed by atoms with E-state index in [-0.39, 0.29) is 5.92 Å². The van der Waals surface area contributed by atoms with Gasteiger partial charge < -0.3 is 0 Å². The van der Waals surface area contributed by atoms with E-state index in [0.717, 1.165) is 8.95 Å². The second-order valence-corrected chi connectivity index (χ2v) is 7.19. The number of rotatable bonds is 3. The molecule has 0 N–H and O–H groups in total. The van der Waals surface area contributed by atoms with Gasteiger partial charge in [-0.3, -0.25) is 4.98 Å². The second kappa shape index (κ2) is 6.20. The van der Waals surface area contributed by atoms with Crippen LogP contribution in [0, 0.1) is 0 Å². The highest BCUT2D eigenvalue weighted by molar-refractivity contribution is 9.10. The van der Waals surface area contributed by atoms with Crippen LogP contribution in [0.15, 0.2) is 69.2 Å². The third-order valence-electron chi connectivity index (χ3n) is 3.14. The lowest BCUT2D eigenvalue weighted by molar-refractivity contribution is 0.997. The average molecular weight is 409 g/mol. The molecule has 4 heteroatoms. The maximum Gasteiger partial charge on any atom is 0.0794 e. The lowest BCUT2D eigenvalue weighted by Crippen LogP contribution is -2.01. The summed E-state index contributed by atoms with van der Waals surface area (Å²) in [6, 6.07) is 17.0. The molecular formula is C16H11Br2NS. The molecule has 0 aliphatic heterocycles. The van der Waals surface area contributed by atoms with E-state index in [4.69, 9.17) is 0 Å². The fourth-order valence-corrected chi connectivity index (χ4v) is 3.50. The first kappa shape index (κ1) is 14.0. The lowest BCUT2D eigenvalue weighted by Gasteiger charge is -2.16. The molecule has 0 unspecified atom stereocenters. The van der Waals surface area contributed by atoms with E-state index in [2.05, 4.69) is 85.4 Å². The van der Waals surface area contributed by atoms with Crippen LogP contribution in [0.3, 0.4) is 0 Å². The van der Waals surface area contributed by atoms with Gasteiger partial charge >= 0.3 is 0 Å². The van der Waals surface area contributed by atoms with Gasteiger partial charge in [-0.15, -0.1) is 11.3 Å². The van der Waals surface area contributed by atoms with Crippen LogP contribution >= 0.6 is 43.2 Å². The van der Waals surface area contributed by atoms with E-state index in [9.17, 15) is 0 Å². The van der Waals surface area contributed by atoms with Gasteiger partial charge in [-0.2, -0.15) is 0 Å². The van der Waals surface area contributed by atoms with Gasteiger partial charge in [-0.05, 0) is 35.4 Å². The Balaban J connectivity index is 2.09. The van der Waals surface area contributed by atoms with E-state index in [0.29, 0.717) is 0 Å². The molecule has 0 spiro atoms. The molecule has 3 aromatic rings. The van der Waals surface area contributed by atoms with Crippen molar-refractivity contribution in [2.75, 3.05) is 0 Å². The van der Waals surface area contributed by atoms with E-state index in [1.54, 1.807) is 11.3 Å². The highest BCUT2D eigenvalue weighted by atomic mass is 79.9. The Morgan fingerprint density at radius 2 is 1.30 bits per heavy atom. The summed E-state index contributed by atoms with van der Waals surface area (Å²) in [5.74, 6) is 0.240. The summed E-state index contributed by atoms with van der Waals surface area (Å²) in [6.07, 6.45) is 1.96. The maximum absolute atomic E-state index is 4.23. The van der Waals surface area contributed by atoms with Gasteiger partial charge in [0.15, 0.2) is 0 Å². The van der Waals surface area contributed by atoms with Gasteiger partial charge in [0.2, 0.25) is 0 Å². The molecule has 1 nitrogen and oxygen atoms in total. The molecule has 0 bridgehead atoms. The maximum atomic E-state index is 4.23. The van der Waals surface area contributed by atoms with Crippen LogP contribution in [0.25, 0.3) is 0 Å². The Labute approximate surface area is 139 Å². The van der Waals surface area contributed by atoms with Crippen molar-refractivity contribution in [1.82, 2.24) is 4.98 Å². The zero-order valence-electron chi connectivity index (χ0n) is 10.5. The molecule has 3 rings (SSSR count). The number of thiazole rings is 1. The minimum absolute atomic E-state index is 0.240. The van der Waals surface area contributed by atoms with E-state index >= 15 is 0 Å². The molecule has 1 aromatic heterocycles. The zero-order chi connectivity index (χ0) is 13.9. The van der Waals surface area contributed by atoms with Gasteiger partial charge in [0.25, 0.3) is 0 Å². The van der Waals surface area contributed by atoms with Crippen LogP contribution in [0.1, 0.15) is 21.9 Å². The van der Waals surface area contributed by atoms with Crippen LogP contribution in [0.4, 0.5) is 0 Å². The minimum Gasteiger partial charge on any atom is -0.253 e. The van der Waals surface area contributed by atoms with E-state index in [1.165, 1.54) is 16.0 Å². The highest BCUT2D eigenvalue weighted by Crippen LogP contribution is 2.34. The van der Waals surface area contributed by atoms with Crippen molar-refractivity contribution in [3.8, 4) is 0 Å². The molecule has 0 fully saturated rings. The van der Waals surface area contributed by atoms with Crippen LogP contribution in [-0.4, -0.2) is 4.98 Å². The van der Waals surface area contributed by atoms with Crippen LogP contribution in [0.2, 0.25) is 0 Å². The summed E-state index contributed by atoms with van der Waals surface area (Å²) in [4.78, 5) is 5.49. The number of halogens is 2. The Kier molecular flexibility index (Phi) is 4.34. The molecular weight excluding hydrogens is 398 g/mol. The predicted molar refractivity (Wildman–Crippen MR) is 91.3 cm³/mol. The first-order valence-electron chi connectivity index (χ1n) is 6.13. The quantitative estimate of drug-likeness (QED) is 0.529. The summed E-state index contributed by atoms with van der Waals surface area (Å²) in [6.45, 7) is 0. The fourth-order valence-electron chi connectivity index (χ4n) is 2.20. The highest BCUT2D eigenvalue weighted by Gasteiger charge is 2.18. The minimum atomic E-state index is 0.240. The van der Waals surface area contributed by atoms with Crippen molar-refractivity contribution < 1.29 is 0 Å². The van der Waals surface area contributed by atoms with Gasteiger partial charge in [0.05, 0.1) is 5.51 Å². The molecule has 0 saturated carbocycles. The lowest BCUT2D eigenvalue weighted by atomic mass is 9.90. The standard InChI is InChI=1S/C16H11Br2NS/c17-13-5-1-11(2-6-13)16(15-9-19-10-20-15)12-3-7-14(18)8-4-12/h1-10,16H. The number of hydrogen-bond acceptors (Lipinski definition) is 2. The van der Waals surface area contributed by atoms with Crippen LogP contribution in [0.5, 0.6) is 0 Å². The molecule has 0 saturated heterocycles. The van der Waals surface area contributed by atoms with Crippen LogP contribution < -0.4 is 0 Å². The molecule has 1 heterocycles. The van der Waals surface area contributed by atoms with Crippen molar-refractivity contribution in [3.05, 3.63) is 85.2 Å². The molecule has 20 heavy (non-hydrogen) atoms. The third kappa shape index (κ3) is 3.03. The van der Waals surface area contributed by atoms with Crippen molar-refractivity contribution in [3.63, 3.8) is 0 Å². The summed E-state index contributed by atoms with van der Waals surface area (Å²) >= 11 is 8.68. The van der Waals surface area contributed by atoms with Gasteiger partial charge in [0.1, 0.15) is 0 Å². The number of aromatic nitrogens is 1. The molecule has 0 radical (unpaired) electrons. The number of nitrogens with zero attached hydrogens (tertiary/aromatic N) is 1. The topological polar surface area (TPSA) is 12.9 Å². The molecule has 100 valence electrons. The van der Waals surface area contributed by atoms with Crippen molar-refractivity contribution >= 4 is 43.2 Å². The van der Waals surface area contributed by atoms with Gasteiger partial charge in [0, 0.05) is 25.9 Å². The molecule has 0 aliphatic rings. The molecule has 2 aromatic carbocycles. The predicted octanol–water partition coefficient (Wildman–Crippen LogP) is 5.85. The third-order valence-corrected chi connectivity index (χ3v) is 5.04. The SMILES string of the molecule is Brc1ccc(C(c2ccc(Br)cc2)c2cncs2)cc1. The average Bonchev–Trinajstić information content (AvgIpc) is 2.97. The second-order valence-electron chi connectivity index (χ2n) is 4.44. The first-order chi connectivity index (χ1) is 9.74. The van der Waals surface area contributed by atoms with E-state index in [1.807, 2.05) is 11.7 Å². The molecule has 0 atom stereocenters. The van der Waals surface area contributed by atoms with Gasteiger partial charge in [-0.1, -0.05) is 56.1 Å². The number of hydrogen-bond donors (Lipinski definition) is 0. The van der Waals surface area contributed by atoms with Crippen molar-refractivity contribution in [2.24, 2.45) is 0 Å². The number of benzene rings is 2. The molecule has 0 aliphatic carbocycles. The first-order valence-corrected chi connectivity index (χ1v) is 8.60. The summed E-state index contributed by atoms with van der Waals surface area (Å²) < 4.78 is 2.19. The Hall–Kier alpha value is -0.970. The smallest absolute Gasteiger partial charge is 0.0794 e. The normalized spacial score (nSPS) is 10.9. The molecule has 0 amide bonds. The van der Waals surface area contributed by atoms with Crippen LogP contribution in [-0.2, 0) is 0 Å². The van der Waals surface area contributed by atoms with Crippen molar-refractivity contribution in [1.29, 1.82) is 0 Å². The summed E-state index contributed by atoms with van der Waals surface area (Å²) in [5, 5.41) is 0. The van der Waals surface area contributed by atoms with Gasteiger partial charge in [-0.25, -0.2) is 0 Å². The van der Waals surface area contributed by atoms with Crippen molar-refractivity contribution in [2.45, 2.75) is 5.92 Å². The Morgan fingerprint density at radius 3 is 1.70 bits per heavy atom. The Morgan fingerprint density at radius 1 is 0.800 bits per heavy atom. The summed E-state index contributed by atoms with van der Waals surface area (Å²) in [5.41, 5.74) is 4.44. The fraction of sp³-hybridized carbons (Fsp3) is 0.0625. The van der Waals surface area contributed by atoms with E-state index < -0.39 is 0 Å². The monoisotopic (exact) mass is 407 g/mol. The Bertz CT molecular complexity index is 630. The summed E-state index contributed by atoms with van der Waals surface area (Å²) in [7, 11) is 0.